The Labute approximate surface area is 816 Å². The molecule has 7 heteroatoms. The average molecular weight is 1790 g/mol. The molecule has 3 heterocycles. The fourth-order valence-corrected chi connectivity index (χ4v) is 18.0. The molecular weight excluding hydrogens is 1620 g/mol. The Hall–Kier alpha value is -12.2. The fraction of sp³-hybridized carbons (Fsp3) is 0.346. The van der Waals surface area contributed by atoms with Gasteiger partial charge in [0.2, 0.25) is 0 Å². The van der Waals surface area contributed by atoms with Crippen molar-refractivity contribution in [3.8, 4) is 66.8 Å². The Morgan fingerprint density at radius 2 is 0.343 bits per heavy atom. The van der Waals surface area contributed by atoms with Crippen LogP contribution in [0.5, 0.6) is 0 Å². The van der Waals surface area contributed by atoms with Crippen LogP contribution in [0.4, 0.5) is 0 Å². The van der Waals surface area contributed by atoms with E-state index in [1.54, 1.807) is 12.5 Å². The van der Waals surface area contributed by atoms with Crippen LogP contribution in [0, 0.1) is 90.0 Å². The van der Waals surface area contributed by atoms with Crippen molar-refractivity contribution in [2.24, 2.45) is 0 Å². The second-order valence-corrected chi connectivity index (χ2v) is 29.3. The molecule has 134 heavy (non-hydrogen) atoms. The molecule has 0 aliphatic heterocycles. The molecular formula is C127H169N7. The Morgan fingerprint density at radius 3 is 0.545 bits per heavy atom. The van der Waals surface area contributed by atoms with Crippen LogP contribution >= 0.6 is 0 Å². The zero-order chi connectivity index (χ0) is 101. The lowest BCUT2D eigenvalue weighted by molar-refractivity contribution is 0.791. The number of hydrogen-bond donors (Lipinski definition) is 0. The third-order valence-electron chi connectivity index (χ3n) is 22.0. The summed E-state index contributed by atoms with van der Waals surface area (Å²) in [5.74, 6) is 3.21. The zero-order valence-corrected chi connectivity index (χ0v) is 90.7. The van der Waals surface area contributed by atoms with Gasteiger partial charge in [-0.05, 0) is 236 Å². The third kappa shape index (κ3) is 25.1. The Kier molecular flexibility index (Phi) is 52.9. The van der Waals surface area contributed by atoms with Gasteiger partial charge in [-0.3, -0.25) is 0 Å². The summed E-state index contributed by atoms with van der Waals surface area (Å²) in [5.41, 5.74) is 44.0. The molecule has 0 bridgehead atoms. The fourth-order valence-electron chi connectivity index (χ4n) is 18.0. The van der Waals surface area contributed by atoms with Crippen molar-refractivity contribution in [1.82, 2.24) is 34.9 Å². The number of rotatable bonds is 0. The standard InChI is InChI=1S/3C27H20.C6H9N3.2C6H8N2.14C2H6/c1-17-11-13-21-19-7-3-5-9-23(19)27(25(21)15-17)24-10-6-4-8-20(24)22-14-12-18(2)16-26(22)27;1-17-11-13-25-21(15-17)22-16-18(2)12-14-26(22)27(25)23-9-5-3-7-19(23)20-8-4-6-10-24(20)27;1-17-11-13-21-22-14-12-18(2)16-26(22)27(25(21)15-17)23-9-5-3-7-19(23)20-8-4-6-10-24(20)27;1-4-7-5(2)9-6(3)8-4;1-5-3-6(2)8-4-7-5;1-5-3-4-7-6(2)8-5;14*1-2/h3*3-16H,1-2H3;1-3H3;2*3-4H,1-2H3;14*1-2H3. The third-order valence-corrected chi connectivity index (χ3v) is 22.0. The second kappa shape index (κ2) is 60.1. The van der Waals surface area contributed by atoms with Gasteiger partial charge in [0.05, 0.1) is 16.2 Å². The summed E-state index contributed by atoms with van der Waals surface area (Å²) in [6, 6.07) is 99.5. The summed E-state index contributed by atoms with van der Waals surface area (Å²) in [4.78, 5) is 27.9. The van der Waals surface area contributed by atoms with Crippen LogP contribution in [0.25, 0.3) is 66.8 Å². The van der Waals surface area contributed by atoms with E-state index in [0.29, 0.717) is 0 Å². The van der Waals surface area contributed by atoms with Crippen molar-refractivity contribution in [2.75, 3.05) is 0 Å². The van der Waals surface area contributed by atoms with Crippen LogP contribution in [-0.2, 0) is 16.2 Å². The Bertz CT molecular complexity index is 5520. The van der Waals surface area contributed by atoms with Crippen molar-refractivity contribution in [3.05, 3.63) is 420 Å². The summed E-state index contributed by atoms with van der Waals surface area (Å²) < 4.78 is 0. The molecule has 0 fully saturated rings. The lowest BCUT2D eigenvalue weighted by Gasteiger charge is -2.30. The highest BCUT2D eigenvalue weighted by molar-refractivity contribution is 5.98. The average Bonchev–Trinajstić information content (AvgIpc) is 1.52. The summed E-state index contributed by atoms with van der Waals surface area (Å²) in [7, 11) is 0. The van der Waals surface area contributed by atoms with Crippen LogP contribution in [-0.4, -0.2) is 34.9 Å². The largest absolute Gasteiger partial charge is 0.242 e. The van der Waals surface area contributed by atoms with E-state index in [-0.39, 0.29) is 16.2 Å². The first kappa shape index (κ1) is 118. The maximum atomic E-state index is 4.06. The molecule has 15 aromatic rings. The molecule has 21 rings (SSSR count). The predicted molar refractivity (Wildman–Crippen MR) is 593 cm³/mol. The van der Waals surface area contributed by atoms with Gasteiger partial charge in [0.25, 0.3) is 0 Å². The van der Waals surface area contributed by atoms with Gasteiger partial charge in [0.1, 0.15) is 29.6 Å². The first-order valence-electron chi connectivity index (χ1n) is 50.8. The van der Waals surface area contributed by atoms with Crippen molar-refractivity contribution in [2.45, 2.75) is 300 Å². The highest BCUT2D eigenvalue weighted by atomic mass is 15.0. The number of benzene rings is 12. The minimum Gasteiger partial charge on any atom is -0.242 e. The van der Waals surface area contributed by atoms with Gasteiger partial charge in [-0.2, -0.15) is 0 Å². The van der Waals surface area contributed by atoms with Crippen molar-refractivity contribution in [1.29, 1.82) is 0 Å². The van der Waals surface area contributed by atoms with Crippen LogP contribution < -0.4 is 0 Å². The molecule has 3 spiro atoms. The topological polar surface area (TPSA) is 90.2 Å². The van der Waals surface area contributed by atoms with E-state index in [0.717, 1.165) is 40.4 Å². The molecule has 6 aliphatic carbocycles. The molecule has 712 valence electrons. The number of aromatic nitrogens is 7. The normalized spacial score (nSPS) is 11.2. The molecule has 12 aromatic carbocycles. The van der Waals surface area contributed by atoms with E-state index in [1.807, 2.05) is 254 Å². The highest BCUT2D eigenvalue weighted by Gasteiger charge is 2.54. The number of nitrogens with zero attached hydrogens (tertiary/aromatic N) is 7. The van der Waals surface area contributed by atoms with Crippen molar-refractivity contribution in [3.63, 3.8) is 0 Å². The van der Waals surface area contributed by atoms with E-state index in [1.165, 1.54) is 167 Å². The molecule has 0 N–H and O–H groups in total. The van der Waals surface area contributed by atoms with E-state index < -0.39 is 0 Å². The Morgan fingerprint density at radius 1 is 0.149 bits per heavy atom. The molecule has 7 nitrogen and oxygen atoms in total. The predicted octanol–water partition coefficient (Wildman–Crippen LogP) is 37.3. The second-order valence-electron chi connectivity index (χ2n) is 29.3. The summed E-state index contributed by atoms with van der Waals surface area (Å²) in [6.45, 7) is 82.5. The smallest absolute Gasteiger partial charge is 0.129 e. The van der Waals surface area contributed by atoms with Crippen LogP contribution in [0.1, 0.15) is 334 Å². The number of hydrogen-bond acceptors (Lipinski definition) is 7. The number of aryl methyl sites for hydroxylation is 13. The van der Waals surface area contributed by atoms with E-state index >= 15 is 0 Å². The van der Waals surface area contributed by atoms with Gasteiger partial charge in [-0.1, -0.05) is 482 Å². The van der Waals surface area contributed by atoms with Gasteiger partial charge in [0.15, 0.2) is 0 Å². The molecule has 0 amide bonds. The molecule has 0 saturated heterocycles. The molecule has 0 saturated carbocycles. The Balaban J connectivity index is 0.000000541. The quantitative estimate of drug-likeness (QED) is 0.149. The maximum absolute atomic E-state index is 4.06. The monoisotopic (exact) mass is 1790 g/mol. The summed E-state index contributed by atoms with van der Waals surface area (Å²) >= 11 is 0. The van der Waals surface area contributed by atoms with Crippen molar-refractivity contribution >= 4 is 0 Å². The maximum Gasteiger partial charge on any atom is 0.129 e. The minimum absolute atomic E-state index is 0.195. The van der Waals surface area contributed by atoms with E-state index in [9.17, 15) is 0 Å². The molecule has 6 aliphatic rings. The van der Waals surface area contributed by atoms with Crippen LogP contribution in [0.15, 0.2) is 279 Å². The lowest BCUT2D eigenvalue weighted by Crippen LogP contribution is -2.26. The van der Waals surface area contributed by atoms with Gasteiger partial charge in [0, 0.05) is 23.3 Å². The minimum atomic E-state index is -0.199. The van der Waals surface area contributed by atoms with E-state index in [4.69, 9.17) is 0 Å². The molecule has 0 unspecified atom stereocenters. The van der Waals surface area contributed by atoms with Gasteiger partial charge < -0.3 is 0 Å². The highest BCUT2D eigenvalue weighted by Crippen LogP contribution is 2.66. The first-order chi connectivity index (χ1) is 65.4. The van der Waals surface area contributed by atoms with Gasteiger partial charge in [-0.25, -0.2) is 34.9 Å². The zero-order valence-electron chi connectivity index (χ0n) is 90.7. The molecule has 0 atom stereocenters. The summed E-state index contributed by atoms with van der Waals surface area (Å²) in [6.07, 6.45) is 3.34. The number of fused-ring (bicyclic) bond motifs is 30. The van der Waals surface area contributed by atoms with Gasteiger partial charge >= 0.3 is 0 Å². The SMILES string of the molecule is CC.CC.CC.CC.CC.CC.CC.CC.CC.CC.CC.CC.CC.CC.Cc1cc(C)ncn1.Cc1ccc2c(c1)-c1cc(C)ccc1C21c2ccccc2-c2ccccc21.Cc1ccc2c(c1)C1(c3ccccc3-2)c2ccccc2-c2ccc(C)cc21.Cc1ccc2c(c1)C1(c3ccccc3-c3ccccc31)c1cc(C)ccc1-2.Cc1ccnc(C)n1.Cc1nc(C)nc(C)n1. The summed E-state index contributed by atoms with van der Waals surface area (Å²) in [5, 5.41) is 0. The lowest BCUT2D eigenvalue weighted by atomic mass is 9.70. The van der Waals surface area contributed by atoms with E-state index in [2.05, 4.69) is 331 Å². The van der Waals surface area contributed by atoms with Gasteiger partial charge in [-0.15, -0.1) is 0 Å². The molecule has 3 aromatic heterocycles. The van der Waals surface area contributed by atoms with Crippen LogP contribution in [0.2, 0.25) is 0 Å². The molecule has 0 radical (unpaired) electrons. The van der Waals surface area contributed by atoms with Crippen molar-refractivity contribution < 1.29 is 0 Å². The van der Waals surface area contributed by atoms with Crippen LogP contribution in [0.3, 0.4) is 0 Å². The first-order valence-corrected chi connectivity index (χ1v) is 50.8.